The molecule has 2 rings (SSSR count). The van der Waals surface area contributed by atoms with Crippen LogP contribution in [0.3, 0.4) is 0 Å². The van der Waals surface area contributed by atoms with Gasteiger partial charge in [-0.2, -0.15) is 0 Å². The van der Waals surface area contributed by atoms with Crippen LogP contribution < -0.4 is 0 Å². The summed E-state index contributed by atoms with van der Waals surface area (Å²) in [6.07, 6.45) is 8.54. The minimum Gasteiger partial charge on any atom is -0.468 e. The summed E-state index contributed by atoms with van der Waals surface area (Å²) in [5.41, 5.74) is 1.28. The molecule has 0 radical (unpaired) electrons. The first kappa shape index (κ1) is 19.6. The molecule has 0 bridgehead atoms. The van der Waals surface area contributed by atoms with Gasteiger partial charge in [0, 0.05) is 19.3 Å². The lowest BCUT2D eigenvalue weighted by Crippen LogP contribution is -2.42. The predicted molar refractivity (Wildman–Crippen MR) is 97.0 cm³/mol. The molecular formula is C21H30O4. The zero-order chi connectivity index (χ0) is 18.4. The van der Waals surface area contributed by atoms with Crippen LogP contribution in [0.15, 0.2) is 23.8 Å². The quantitative estimate of drug-likeness (QED) is 0.403. The zero-order valence-corrected chi connectivity index (χ0v) is 15.6. The minimum absolute atomic E-state index is 0.0257. The molecule has 2 aliphatic rings. The number of ether oxygens (including phenoxy) is 1. The molecule has 1 fully saturated rings. The van der Waals surface area contributed by atoms with E-state index in [1.54, 1.807) is 0 Å². The molecule has 0 saturated heterocycles. The van der Waals surface area contributed by atoms with Gasteiger partial charge in [0.1, 0.15) is 17.0 Å². The third kappa shape index (κ3) is 4.47. The summed E-state index contributed by atoms with van der Waals surface area (Å²) in [7, 11) is 1.33. The van der Waals surface area contributed by atoms with Gasteiger partial charge in [-0.05, 0) is 57.8 Å². The average Bonchev–Trinajstić information content (AvgIpc) is 2.91. The van der Waals surface area contributed by atoms with Gasteiger partial charge in [-0.3, -0.25) is 14.4 Å². The van der Waals surface area contributed by atoms with E-state index in [2.05, 4.69) is 19.6 Å². The summed E-state index contributed by atoms with van der Waals surface area (Å²) in [4.78, 5) is 37.5. The number of allylic oxidation sites excluding steroid dienone is 3. The molecule has 0 aliphatic heterocycles. The molecule has 0 N–H and O–H groups in total. The van der Waals surface area contributed by atoms with Crippen molar-refractivity contribution >= 4 is 17.5 Å². The van der Waals surface area contributed by atoms with Gasteiger partial charge in [0.15, 0.2) is 0 Å². The fourth-order valence-electron chi connectivity index (χ4n) is 4.21. The van der Waals surface area contributed by atoms with Crippen molar-refractivity contribution in [2.24, 2.45) is 11.3 Å². The number of ketones is 2. The maximum atomic E-state index is 12.7. The van der Waals surface area contributed by atoms with Crippen LogP contribution in [0.1, 0.15) is 71.1 Å². The predicted octanol–water partition coefficient (Wildman–Crippen LogP) is 4.33. The molecule has 0 amide bonds. The number of hydrogen-bond acceptors (Lipinski definition) is 4. The number of methoxy groups -OCH3 is 1. The van der Waals surface area contributed by atoms with E-state index >= 15 is 0 Å². The maximum Gasteiger partial charge on any atom is 0.319 e. The van der Waals surface area contributed by atoms with Gasteiger partial charge in [-0.15, -0.1) is 0 Å². The number of hydrogen-bond donors (Lipinski definition) is 0. The fraction of sp³-hybridized carbons (Fsp3) is 0.667. The minimum atomic E-state index is -1.12. The highest BCUT2D eigenvalue weighted by molar-refractivity contribution is 6.06. The molecule has 4 heteroatoms. The van der Waals surface area contributed by atoms with E-state index in [1.165, 1.54) is 12.7 Å². The van der Waals surface area contributed by atoms with Gasteiger partial charge in [0.2, 0.25) is 0 Å². The smallest absolute Gasteiger partial charge is 0.319 e. The van der Waals surface area contributed by atoms with Crippen molar-refractivity contribution in [3.63, 3.8) is 0 Å². The third-order valence-electron chi connectivity index (χ3n) is 5.90. The molecule has 4 nitrogen and oxygen atoms in total. The SMILES string of the molecule is C=C1CCC(=O)CC[C@]2(C(=O)OC)C(=O)CC[C@H]2CC/C=C(/C)CC1. The van der Waals surface area contributed by atoms with Crippen LogP contribution in [0.2, 0.25) is 0 Å². The molecule has 25 heavy (non-hydrogen) atoms. The second-order valence-corrected chi connectivity index (χ2v) is 7.54. The Morgan fingerprint density at radius 3 is 2.56 bits per heavy atom. The average molecular weight is 346 g/mol. The lowest BCUT2D eigenvalue weighted by Gasteiger charge is -2.31. The molecule has 1 saturated carbocycles. The van der Waals surface area contributed by atoms with Gasteiger partial charge in [0.25, 0.3) is 0 Å². The Kier molecular flexibility index (Phi) is 6.74. The molecule has 138 valence electrons. The number of Topliss-reactive ketones (excluding diaryl/α,β-unsaturated/α-hetero) is 2. The molecule has 2 atom stereocenters. The summed E-state index contributed by atoms with van der Waals surface area (Å²) in [5.74, 6) is -0.422. The second-order valence-electron chi connectivity index (χ2n) is 7.54. The maximum absolute atomic E-state index is 12.7. The van der Waals surface area contributed by atoms with Crippen LogP contribution in [0, 0.1) is 11.3 Å². The molecular weight excluding hydrogens is 316 g/mol. The first-order valence-corrected chi connectivity index (χ1v) is 9.36. The van der Waals surface area contributed by atoms with Crippen LogP contribution in [-0.4, -0.2) is 24.6 Å². The highest BCUT2D eigenvalue weighted by atomic mass is 16.5. The normalized spacial score (nSPS) is 31.7. The van der Waals surface area contributed by atoms with Gasteiger partial charge in [-0.1, -0.05) is 23.8 Å². The van der Waals surface area contributed by atoms with Crippen molar-refractivity contribution in [1.29, 1.82) is 0 Å². The summed E-state index contributed by atoms with van der Waals surface area (Å²) >= 11 is 0. The Labute approximate surface area is 150 Å². The van der Waals surface area contributed by atoms with Gasteiger partial charge >= 0.3 is 5.97 Å². The van der Waals surface area contributed by atoms with E-state index in [9.17, 15) is 14.4 Å². The van der Waals surface area contributed by atoms with Crippen molar-refractivity contribution in [2.45, 2.75) is 71.1 Å². The van der Waals surface area contributed by atoms with Gasteiger partial charge < -0.3 is 4.74 Å². The van der Waals surface area contributed by atoms with Crippen LogP contribution in [0.25, 0.3) is 0 Å². The van der Waals surface area contributed by atoms with Crippen molar-refractivity contribution in [2.75, 3.05) is 7.11 Å². The molecule has 0 aromatic rings. The Hall–Kier alpha value is -1.71. The largest absolute Gasteiger partial charge is 0.468 e. The zero-order valence-electron chi connectivity index (χ0n) is 15.6. The standard InChI is InChI=1S/C21H30O4/c1-15-5-4-6-17-10-12-19(23)21(17,20(24)25-3)14-13-18(22)11-9-16(2)8-7-15/h5,17H,2,4,6-14H2,1,3H3/b15-5-/t17-,21-/m1/s1. The molecule has 0 heterocycles. The summed E-state index contributed by atoms with van der Waals surface area (Å²) in [6, 6.07) is 0. The van der Waals surface area contributed by atoms with E-state index in [1.807, 2.05) is 0 Å². The topological polar surface area (TPSA) is 60.4 Å². The van der Waals surface area contributed by atoms with Crippen molar-refractivity contribution in [3.8, 4) is 0 Å². The van der Waals surface area contributed by atoms with Gasteiger partial charge in [0.05, 0.1) is 7.11 Å². The van der Waals surface area contributed by atoms with E-state index in [0.717, 1.165) is 31.3 Å². The van der Waals surface area contributed by atoms with E-state index in [4.69, 9.17) is 4.74 Å². The number of fused-ring (bicyclic) bond motifs is 1. The Morgan fingerprint density at radius 1 is 1.12 bits per heavy atom. The second kappa shape index (κ2) is 8.59. The highest BCUT2D eigenvalue weighted by Crippen LogP contribution is 2.47. The summed E-state index contributed by atoms with van der Waals surface area (Å²) in [6.45, 7) is 6.17. The first-order chi connectivity index (χ1) is 11.9. The Balaban J connectivity index is 2.27. The number of carbonyl (C=O) groups excluding carboxylic acids is 3. The summed E-state index contributed by atoms with van der Waals surface area (Å²) < 4.78 is 5.01. The molecule has 0 aromatic carbocycles. The number of carbonyl (C=O) groups is 3. The Bertz CT molecular complexity index is 587. The van der Waals surface area contributed by atoms with Crippen molar-refractivity contribution < 1.29 is 19.1 Å². The van der Waals surface area contributed by atoms with Crippen LogP contribution >= 0.6 is 0 Å². The van der Waals surface area contributed by atoms with E-state index in [0.29, 0.717) is 25.7 Å². The highest BCUT2D eigenvalue weighted by Gasteiger charge is 2.55. The molecule has 0 unspecified atom stereocenters. The monoisotopic (exact) mass is 346 g/mol. The van der Waals surface area contributed by atoms with Crippen LogP contribution in [0.5, 0.6) is 0 Å². The number of esters is 1. The number of rotatable bonds is 1. The third-order valence-corrected chi connectivity index (χ3v) is 5.90. The van der Waals surface area contributed by atoms with E-state index in [-0.39, 0.29) is 30.3 Å². The van der Waals surface area contributed by atoms with Crippen molar-refractivity contribution in [1.82, 2.24) is 0 Å². The van der Waals surface area contributed by atoms with E-state index < -0.39 is 11.4 Å². The molecule has 2 aliphatic carbocycles. The summed E-state index contributed by atoms with van der Waals surface area (Å²) in [5, 5.41) is 0. The van der Waals surface area contributed by atoms with Gasteiger partial charge in [-0.25, -0.2) is 0 Å². The molecule has 0 spiro atoms. The lowest BCUT2D eigenvalue weighted by atomic mass is 9.71. The van der Waals surface area contributed by atoms with Crippen LogP contribution in [-0.2, 0) is 19.1 Å². The fourth-order valence-corrected chi connectivity index (χ4v) is 4.21. The molecule has 0 aromatic heterocycles. The lowest BCUT2D eigenvalue weighted by molar-refractivity contribution is -0.160. The van der Waals surface area contributed by atoms with Crippen LogP contribution in [0.4, 0.5) is 0 Å². The Morgan fingerprint density at radius 2 is 1.84 bits per heavy atom. The first-order valence-electron chi connectivity index (χ1n) is 9.36. The van der Waals surface area contributed by atoms with Crippen molar-refractivity contribution in [3.05, 3.63) is 23.8 Å².